The summed E-state index contributed by atoms with van der Waals surface area (Å²) in [6.07, 6.45) is -0.155. The van der Waals surface area contributed by atoms with E-state index in [1.807, 2.05) is 0 Å². The Labute approximate surface area is 165 Å². The minimum atomic E-state index is -3.78. The second-order valence-corrected chi connectivity index (χ2v) is 7.91. The summed E-state index contributed by atoms with van der Waals surface area (Å²) in [5.41, 5.74) is 0.567. The lowest BCUT2D eigenvalue weighted by Crippen LogP contribution is -2.31. The van der Waals surface area contributed by atoms with Crippen molar-refractivity contribution in [2.75, 3.05) is 25.0 Å². The molecule has 0 heterocycles. The molecule has 0 saturated carbocycles. The first kappa shape index (κ1) is 21.8. The third-order valence-electron chi connectivity index (χ3n) is 4.16. The van der Waals surface area contributed by atoms with Crippen LogP contribution in [0.1, 0.15) is 26.3 Å². The lowest BCUT2D eigenvalue weighted by atomic mass is 10.1. The zero-order valence-corrected chi connectivity index (χ0v) is 17.1. The van der Waals surface area contributed by atoms with Crippen molar-refractivity contribution in [2.24, 2.45) is 0 Å². The molecule has 0 aromatic heterocycles. The molecule has 0 bridgehead atoms. The molecule has 152 valence electrons. The predicted octanol–water partition coefficient (Wildman–Crippen LogP) is 3.44. The molecule has 1 amide bonds. The van der Waals surface area contributed by atoms with Crippen LogP contribution in [0.2, 0.25) is 0 Å². The Bertz CT molecular complexity index is 928. The van der Waals surface area contributed by atoms with Crippen LogP contribution in [0.4, 0.5) is 10.1 Å². The highest BCUT2D eigenvalue weighted by molar-refractivity contribution is 7.89. The molecule has 0 atom stereocenters. The number of carbonyl (C=O) groups is 1. The molecule has 0 aliphatic heterocycles. The van der Waals surface area contributed by atoms with Gasteiger partial charge < -0.3 is 10.1 Å². The summed E-state index contributed by atoms with van der Waals surface area (Å²) in [6.45, 7) is 6.20. The van der Waals surface area contributed by atoms with Gasteiger partial charge in [0.05, 0.1) is 13.0 Å². The topological polar surface area (TPSA) is 75.7 Å². The van der Waals surface area contributed by atoms with E-state index < -0.39 is 21.7 Å². The van der Waals surface area contributed by atoms with E-state index in [1.54, 1.807) is 39.0 Å². The van der Waals surface area contributed by atoms with Crippen molar-refractivity contribution in [3.8, 4) is 5.75 Å². The smallest absolute Gasteiger partial charge is 0.246 e. The van der Waals surface area contributed by atoms with Gasteiger partial charge in [-0.3, -0.25) is 4.79 Å². The van der Waals surface area contributed by atoms with Gasteiger partial charge in [0.2, 0.25) is 15.9 Å². The van der Waals surface area contributed by atoms with Gasteiger partial charge in [-0.25, -0.2) is 12.8 Å². The summed E-state index contributed by atoms with van der Waals surface area (Å²) in [5.74, 6) is -0.684. The molecule has 0 saturated heterocycles. The maximum Gasteiger partial charge on any atom is 0.246 e. The van der Waals surface area contributed by atoms with Crippen LogP contribution in [-0.2, 0) is 21.2 Å². The molecule has 0 unspecified atom stereocenters. The maximum atomic E-state index is 13.7. The number of anilines is 1. The van der Waals surface area contributed by atoms with Gasteiger partial charge in [0.25, 0.3) is 0 Å². The van der Waals surface area contributed by atoms with Crippen LogP contribution < -0.4 is 10.1 Å². The number of halogens is 1. The van der Waals surface area contributed by atoms with Crippen molar-refractivity contribution >= 4 is 21.6 Å². The van der Waals surface area contributed by atoms with E-state index in [4.69, 9.17) is 4.74 Å². The van der Waals surface area contributed by atoms with Crippen molar-refractivity contribution in [3.63, 3.8) is 0 Å². The van der Waals surface area contributed by atoms with Crippen molar-refractivity contribution < 1.29 is 22.3 Å². The number of nitrogens with zero attached hydrogens (tertiary/aromatic N) is 1. The Morgan fingerprint density at radius 2 is 1.79 bits per heavy atom. The van der Waals surface area contributed by atoms with E-state index in [0.717, 1.165) is 0 Å². The number of benzene rings is 2. The minimum Gasteiger partial charge on any atom is -0.492 e. The van der Waals surface area contributed by atoms with Gasteiger partial charge in [0, 0.05) is 18.8 Å². The molecule has 2 aromatic carbocycles. The summed E-state index contributed by atoms with van der Waals surface area (Å²) in [7, 11) is -3.78. The molecule has 0 spiro atoms. The monoisotopic (exact) mass is 408 g/mol. The van der Waals surface area contributed by atoms with Crippen molar-refractivity contribution in [3.05, 3.63) is 53.8 Å². The number of rotatable bonds is 9. The molecular formula is C20H25FN2O4S. The van der Waals surface area contributed by atoms with Crippen molar-refractivity contribution in [1.82, 2.24) is 4.31 Å². The maximum absolute atomic E-state index is 13.7. The zero-order chi connectivity index (χ0) is 20.7. The number of nitrogens with one attached hydrogen (secondary N) is 1. The highest BCUT2D eigenvalue weighted by atomic mass is 32.2. The average Bonchev–Trinajstić information content (AvgIpc) is 2.65. The fourth-order valence-electron chi connectivity index (χ4n) is 2.78. The van der Waals surface area contributed by atoms with Gasteiger partial charge in [-0.1, -0.05) is 32.0 Å². The first-order valence-electron chi connectivity index (χ1n) is 9.13. The number of hydrogen-bond acceptors (Lipinski definition) is 4. The normalized spacial score (nSPS) is 11.5. The van der Waals surface area contributed by atoms with Crippen LogP contribution in [0, 0.1) is 5.82 Å². The average molecular weight is 408 g/mol. The third-order valence-corrected chi connectivity index (χ3v) is 6.23. The van der Waals surface area contributed by atoms with Gasteiger partial charge >= 0.3 is 0 Å². The Morgan fingerprint density at radius 1 is 1.11 bits per heavy atom. The predicted molar refractivity (Wildman–Crippen MR) is 106 cm³/mol. The first-order chi connectivity index (χ1) is 13.3. The van der Waals surface area contributed by atoms with E-state index >= 15 is 0 Å². The second kappa shape index (κ2) is 9.66. The Morgan fingerprint density at radius 3 is 2.39 bits per heavy atom. The summed E-state index contributed by atoms with van der Waals surface area (Å²) in [6, 6.07) is 10.5. The molecule has 28 heavy (non-hydrogen) atoms. The van der Waals surface area contributed by atoms with Gasteiger partial charge in [0.15, 0.2) is 0 Å². The number of sulfonamides is 1. The molecule has 6 nitrogen and oxygen atoms in total. The molecule has 1 N–H and O–H groups in total. The zero-order valence-electron chi connectivity index (χ0n) is 16.2. The molecule has 0 aliphatic rings. The summed E-state index contributed by atoms with van der Waals surface area (Å²) >= 11 is 0. The van der Waals surface area contributed by atoms with E-state index in [9.17, 15) is 17.6 Å². The Hall–Kier alpha value is -2.45. The highest BCUT2D eigenvalue weighted by Gasteiger charge is 2.26. The van der Waals surface area contributed by atoms with Crippen molar-refractivity contribution in [1.29, 1.82) is 0 Å². The van der Waals surface area contributed by atoms with Crippen LogP contribution in [-0.4, -0.2) is 38.3 Å². The third kappa shape index (κ3) is 5.08. The summed E-state index contributed by atoms with van der Waals surface area (Å²) in [5, 5.41) is 2.63. The Balaban J connectivity index is 2.31. The van der Waals surface area contributed by atoms with Gasteiger partial charge in [0.1, 0.15) is 16.5 Å². The number of carbonyl (C=O) groups excluding carboxylic acids is 1. The molecule has 0 aliphatic carbocycles. The van der Waals surface area contributed by atoms with E-state index in [1.165, 1.54) is 28.6 Å². The standard InChI is InChI=1S/C20H25FN2O4S/c1-4-23(5-2)28(25,26)19-14-16(11-12-18(19)27-6-3)22-20(24)13-15-9-7-8-10-17(15)21/h7-12,14H,4-6,13H2,1-3H3,(H,22,24). The van der Waals surface area contributed by atoms with E-state index in [-0.39, 0.29) is 22.6 Å². The summed E-state index contributed by atoms with van der Waals surface area (Å²) < 4.78 is 46.4. The quantitative estimate of drug-likeness (QED) is 0.690. The van der Waals surface area contributed by atoms with E-state index in [0.29, 0.717) is 25.4 Å². The highest BCUT2D eigenvalue weighted by Crippen LogP contribution is 2.30. The number of ether oxygens (including phenoxy) is 1. The van der Waals surface area contributed by atoms with Gasteiger partial charge in [-0.15, -0.1) is 0 Å². The molecule has 0 radical (unpaired) electrons. The fourth-order valence-corrected chi connectivity index (χ4v) is 4.40. The van der Waals surface area contributed by atoms with Crippen LogP contribution >= 0.6 is 0 Å². The molecule has 8 heteroatoms. The Kier molecular flexibility index (Phi) is 7.53. The van der Waals surface area contributed by atoms with Crippen LogP contribution in [0.25, 0.3) is 0 Å². The molecular weight excluding hydrogens is 383 g/mol. The van der Waals surface area contributed by atoms with Gasteiger partial charge in [-0.05, 0) is 36.8 Å². The minimum absolute atomic E-state index is 0.0123. The number of hydrogen-bond donors (Lipinski definition) is 1. The summed E-state index contributed by atoms with van der Waals surface area (Å²) in [4.78, 5) is 12.3. The second-order valence-electron chi connectivity index (χ2n) is 6.00. The lowest BCUT2D eigenvalue weighted by Gasteiger charge is -2.21. The fraction of sp³-hybridized carbons (Fsp3) is 0.350. The van der Waals surface area contributed by atoms with E-state index in [2.05, 4.69) is 5.32 Å². The first-order valence-corrected chi connectivity index (χ1v) is 10.6. The molecule has 2 aromatic rings. The van der Waals surface area contributed by atoms with Crippen LogP contribution in [0.15, 0.2) is 47.4 Å². The van der Waals surface area contributed by atoms with Crippen molar-refractivity contribution in [2.45, 2.75) is 32.1 Å². The molecule has 2 rings (SSSR count). The van der Waals surface area contributed by atoms with Crippen LogP contribution in [0.3, 0.4) is 0 Å². The number of amides is 1. The lowest BCUT2D eigenvalue weighted by molar-refractivity contribution is -0.115. The SMILES string of the molecule is CCOc1ccc(NC(=O)Cc2ccccc2F)cc1S(=O)(=O)N(CC)CC. The largest absolute Gasteiger partial charge is 0.492 e. The van der Waals surface area contributed by atoms with Gasteiger partial charge in [-0.2, -0.15) is 4.31 Å². The molecule has 0 fully saturated rings. The van der Waals surface area contributed by atoms with Crippen LogP contribution in [0.5, 0.6) is 5.75 Å².